The van der Waals surface area contributed by atoms with E-state index in [1.165, 1.54) is 26.4 Å². The standard InChI is InChI=1S/C13H24O2/c1-10-8-9-11(13(10,2)3)6-5-7-12(14)15-4/h10-11H,5-9H2,1-4H3/t10?,11-/m0/s1. The van der Waals surface area contributed by atoms with E-state index in [4.69, 9.17) is 0 Å². The van der Waals surface area contributed by atoms with Crippen LogP contribution in [0.15, 0.2) is 0 Å². The molecule has 0 aromatic heterocycles. The summed E-state index contributed by atoms with van der Waals surface area (Å²) in [6.07, 6.45) is 5.41. The molecule has 0 amide bonds. The third-order valence-electron chi connectivity index (χ3n) is 4.43. The second-order valence-corrected chi connectivity index (χ2v) is 5.47. The summed E-state index contributed by atoms with van der Waals surface area (Å²) < 4.78 is 4.65. The highest BCUT2D eigenvalue weighted by Crippen LogP contribution is 2.49. The van der Waals surface area contributed by atoms with Crippen molar-refractivity contribution >= 4 is 5.97 Å². The van der Waals surface area contributed by atoms with Crippen molar-refractivity contribution in [2.45, 2.75) is 52.9 Å². The van der Waals surface area contributed by atoms with Gasteiger partial charge in [0.25, 0.3) is 0 Å². The molecular weight excluding hydrogens is 188 g/mol. The normalized spacial score (nSPS) is 29.1. The van der Waals surface area contributed by atoms with Gasteiger partial charge < -0.3 is 4.74 Å². The second-order valence-electron chi connectivity index (χ2n) is 5.47. The van der Waals surface area contributed by atoms with E-state index in [1.807, 2.05) is 0 Å². The van der Waals surface area contributed by atoms with Gasteiger partial charge in [-0.05, 0) is 42.9 Å². The Balaban J connectivity index is 2.31. The van der Waals surface area contributed by atoms with Gasteiger partial charge in [-0.3, -0.25) is 4.79 Å². The lowest BCUT2D eigenvalue weighted by Gasteiger charge is -2.31. The largest absolute Gasteiger partial charge is 0.469 e. The van der Waals surface area contributed by atoms with E-state index in [0.717, 1.165) is 18.3 Å². The Bertz CT molecular complexity index is 221. The summed E-state index contributed by atoms with van der Waals surface area (Å²) in [6.45, 7) is 7.08. The van der Waals surface area contributed by atoms with Crippen LogP contribution in [-0.2, 0) is 9.53 Å². The molecule has 1 aliphatic carbocycles. The molecule has 0 radical (unpaired) electrons. The van der Waals surface area contributed by atoms with E-state index in [9.17, 15) is 4.79 Å². The fraction of sp³-hybridized carbons (Fsp3) is 0.923. The number of hydrogen-bond acceptors (Lipinski definition) is 2. The van der Waals surface area contributed by atoms with Gasteiger partial charge in [0.15, 0.2) is 0 Å². The van der Waals surface area contributed by atoms with Crippen LogP contribution in [0, 0.1) is 17.3 Å². The first-order valence-corrected chi connectivity index (χ1v) is 6.05. The molecule has 0 heterocycles. The van der Waals surface area contributed by atoms with Crippen molar-refractivity contribution in [3.63, 3.8) is 0 Å². The maximum atomic E-state index is 11.0. The van der Waals surface area contributed by atoms with Gasteiger partial charge in [-0.15, -0.1) is 0 Å². The Hall–Kier alpha value is -0.530. The molecule has 1 saturated carbocycles. The van der Waals surface area contributed by atoms with Crippen LogP contribution in [0.5, 0.6) is 0 Å². The van der Waals surface area contributed by atoms with E-state index in [-0.39, 0.29) is 5.97 Å². The van der Waals surface area contributed by atoms with Crippen molar-refractivity contribution in [2.75, 3.05) is 7.11 Å². The Morgan fingerprint density at radius 3 is 2.53 bits per heavy atom. The molecule has 0 aliphatic heterocycles. The number of carbonyl (C=O) groups excluding carboxylic acids is 1. The smallest absolute Gasteiger partial charge is 0.305 e. The minimum atomic E-state index is -0.0705. The van der Waals surface area contributed by atoms with Crippen molar-refractivity contribution in [1.29, 1.82) is 0 Å². The number of carbonyl (C=O) groups is 1. The average molecular weight is 212 g/mol. The van der Waals surface area contributed by atoms with Crippen molar-refractivity contribution in [3.8, 4) is 0 Å². The molecule has 1 unspecified atom stereocenters. The quantitative estimate of drug-likeness (QED) is 0.668. The summed E-state index contributed by atoms with van der Waals surface area (Å²) in [5.41, 5.74) is 0.454. The molecule has 15 heavy (non-hydrogen) atoms. The number of ether oxygens (including phenoxy) is 1. The molecule has 1 rings (SSSR count). The van der Waals surface area contributed by atoms with Crippen LogP contribution in [0.25, 0.3) is 0 Å². The van der Waals surface area contributed by atoms with Crippen LogP contribution < -0.4 is 0 Å². The molecule has 0 N–H and O–H groups in total. The lowest BCUT2D eigenvalue weighted by Crippen LogP contribution is -2.23. The van der Waals surface area contributed by atoms with Gasteiger partial charge >= 0.3 is 5.97 Å². The van der Waals surface area contributed by atoms with Gasteiger partial charge in [-0.25, -0.2) is 0 Å². The summed E-state index contributed by atoms with van der Waals surface area (Å²) in [4.78, 5) is 11.0. The van der Waals surface area contributed by atoms with Gasteiger partial charge in [0.1, 0.15) is 0 Å². The van der Waals surface area contributed by atoms with Gasteiger partial charge in [-0.1, -0.05) is 20.8 Å². The predicted octanol–water partition coefficient (Wildman–Crippen LogP) is 3.40. The SMILES string of the molecule is COC(=O)CCC[C@H]1CCC(C)C1(C)C. The first-order valence-electron chi connectivity index (χ1n) is 6.05. The third-order valence-corrected chi connectivity index (χ3v) is 4.43. The van der Waals surface area contributed by atoms with E-state index in [1.54, 1.807) is 0 Å². The number of methoxy groups -OCH3 is 1. The zero-order valence-corrected chi connectivity index (χ0v) is 10.5. The summed E-state index contributed by atoms with van der Waals surface area (Å²) in [5, 5.41) is 0. The molecule has 0 aromatic carbocycles. The van der Waals surface area contributed by atoms with E-state index in [0.29, 0.717) is 11.8 Å². The minimum Gasteiger partial charge on any atom is -0.469 e. The van der Waals surface area contributed by atoms with Crippen molar-refractivity contribution in [1.82, 2.24) is 0 Å². The summed E-state index contributed by atoms with van der Waals surface area (Å²) in [6, 6.07) is 0. The maximum Gasteiger partial charge on any atom is 0.305 e. The van der Waals surface area contributed by atoms with Gasteiger partial charge in [0, 0.05) is 6.42 Å². The molecule has 88 valence electrons. The molecule has 0 saturated heterocycles. The maximum absolute atomic E-state index is 11.0. The topological polar surface area (TPSA) is 26.3 Å². The van der Waals surface area contributed by atoms with E-state index < -0.39 is 0 Å². The highest BCUT2D eigenvalue weighted by molar-refractivity contribution is 5.68. The predicted molar refractivity (Wildman–Crippen MR) is 61.5 cm³/mol. The highest BCUT2D eigenvalue weighted by atomic mass is 16.5. The molecule has 2 nitrogen and oxygen atoms in total. The first-order chi connectivity index (χ1) is 6.98. The zero-order chi connectivity index (χ0) is 11.5. The van der Waals surface area contributed by atoms with Crippen LogP contribution in [0.3, 0.4) is 0 Å². The molecule has 0 bridgehead atoms. The van der Waals surface area contributed by atoms with Crippen LogP contribution >= 0.6 is 0 Å². The lowest BCUT2D eigenvalue weighted by molar-refractivity contribution is -0.140. The third kappa shape index (κ3) is 2.96. The molecule has 1 fully saturated rings. The van der Waals surface area contributed by atoms with Crippen molar-refractivity contribution in [2.24, 2.45) is 17.3 Å². The second kappa shape index (κ2) is 5.00. The van der Waals surface area contributed by atoms with Crippen LogP contribution in [0.2, 0.25) is 0 Å². The molecule has 0 aromatic rings. The first kappa shape index (κ1) is 12.5. The fourth-order valence-electron chi connectivity index (χ4n) is 2.71. The van der Waals surface area contributed by atoms with Crippen LogP contribution in [-0.4, -0.2) is 13.1 Å². The Kier molecular flexibility index (Phi) is 4.18. The molecule has 1 aliphatic rings. The van der Waals surface area contributed by atoms with Crippen LogP contribution in [0.4, 0.5) is 0 Å². The van der Waals surface area contributed by atoms with Crippen molar-refractivity contribution in [3.05, 3.63) is 0 Å². The number of rotatable bonds is 4. The zero-order valence-electron chi connectivity index (χ0n) is 10.5. The molecule has 0 spiro atoms. The Morgan fingerprint density at radius 2 is 2.07 bits per heavy atom. The highest BCUT2D eigenvalue weighted by Gasteiger charge is 2.39. The summed E-state index contributed by atoms with van der Waals surface area (Å²) >= 11 is 0. The molecule has 2 atom stereocenters. The minimum absolute atomic E-state index is 0.0705. The van der Waals surface area contributed by atoms with E-state index in [2.05, 4.69) is 25.5 Å². The monoisotopic (exact) mass is 212 g/mol. The fourth-order valence-corrected chi connectivity index (χ4v) is 2.71. The van der Waals surface area contributed by atoms with Crippen molar-refractivity contribution < 1.29 is 9.53 Å². The van der Waals surface area contributed by atoms with Gasteiger partial charge in [-0.2, -0.15) is 0 Å². The number of hydrogen-bond donors (Lipinski definition) is 0. The Labute approximate surface area is 93.4 Å². The lowest BCUT2D eigenvalue weighted by atomic mass is 9.74. The van der Waals surface area contributed by atoms with E-state index >= 15 is 0 Å². The molecule has 2 heteroatoms. The van der Waals surface area contributed by atoms with Crippen LogP contribution in [0.1, 0.15) is 52.9 Å². The number of esters is 1. The van der Waals surface area contributed by atoms with Gasteiger partial charge in [0.05, 0.1) is 7.11 Å². The molecular formula is C13H24O2. The summed E-state index contributed by atoms with van der Waals surface area (Å²) in [7, 11) is 1.46. The summed E-state index contributed by atoms with van der Waals surface area (Å²) in [5.74, 6) is 1.54. The van der Waals surface area contributed by atoms with Gasteiger partial charge in [0.2, 0.25) is 0 Å². The average Bonchev–Trinajstić information content (AvgIpc) is 2.44. The Morgan fingerprint density at radius 1 is 1.40 bits per heavy atom.